The molecule has 90 valence electrons. The molecule has 6 nitrogen and oxygen atoms in total. The van der Waals surface area contributed by atoms with Crippen LogP contribution in [0.3, 0.4) is 0 Å². The topological polar surface area (TPSA) is 95.5 Å². The summed E-state index contributed by atoms with van der Waals surface area (Å²) in [5.74, 6) is -0.727. The highest BCUT2D eigenvalue weighted by Gasteiger charge is 2.16. The van der Waals surface area contributed by atoms with Crippen LogP contribution >= 0.6 is 11.6 Å². The van der Waals surface area contributed by atoms with Crippen molar-refractivity contribution in [2.24, 2.45) is 0 Å². The number of nitrogens with two attached hydrogens (primary N) is 1. The van der Waals surface area contributed by atoms with Crippen LogP contribution in [0, 0.1) is 10.1 Å². The Morgan fingerprint density at radius 2 is 2.24 bits per heavy atom. The molecular formula is C10H9ClN2O4. The van der Waals surface area contributed by atoms with E-state index in [4.69, 9.17) is 22.1 Å². The number of nitro groups is 1. The van der Waals surface area contributed by atoms with Crippen molar-refractivity contribution in [1.82, 2.24) is 0 Å². The highest BCUT2D eigenvalue weighted by atomic mass is 35.5. The molecule has 0 aromatic heterocycles. The normalized spacial score (nSPS) is 9.71. The van der Waals surface area contributed by atoms with E-state index in [1.807, 2.05) is 0 Å². The summed E-state index contributed by atoms with van der Waals surface area (Å²) in [5, 5.41) is 10.8. The molecule has 0 bridgehead atoms. The average molecular weight is 257 g/mol. The molecule has 0 spiro atoms. The molecule has 0 saturated carbocycles. The van der Waals surface area contributed by atoms with Crippen LogP contribution in [0.15, 0.2) is 29.8 Å². The summed E-state index contributed by atoms with van der Waals surface area (Å²) in [4.78, 5) is 21.4. The zero-order valence-corrected chi connectivity index (χ0v) is 9.44. The molecule has 0 amide bonds. The summed E-state index contributed by atoms with van der Waals surface area (Å²) in [6.45, 7) is 3.19. The van der Waals surface area contributed by atoms with Crippen molar-refractivity contribution >= 4 is 28.9 Å². The molecule has 0 aliphatic carbocycles. The number of anilines is 1. The van der Waals surface area contributed by atoms with Crippen LogP contribution in [-0.4, -0.2) is 17.5 Å². The van der Waals surface area contributed by atoms with Gasteiger partial charge < -0.3 is 10.5 Å². The van der Waals surface area contributed by atoms with Gasteiger partial charge in [-0.05, 0) is 12.1 Å². The van der Waals surface area contributed by atoms with E-state index < -0.39 is 10.9 Å². The molecule has 7 heteroatoms. The van der Waals surface area contributed by atoms with Crippen molar-refractivity contribution in [1.29, 1.82) is 0 Å². The van der Waals surface area contributed by atoms with E-state index in [0.29, 0.717) is 0 Å². The van der Waals surface area contributed by atoms with E-state index in [1.165, 1.54) is 12.1 Å². The molecule has 0 aliphatic rings. The number of hydrogen-bond donors (Lipinski definition) is 1. The first kappa shape index (κ1) is 13.0. The number of nitro benzene ring substituents is 1. The Balaban J connectivity index is 2.92. The Morgan fingerprint density at radius 3 is 2.76 bits per heavy atom. The monoisotopic (exact) mass is 256 g/mol. The first-order valence-electron chi connectivity index (χ1n) is 4.46. The molecular weight excluding hydrogens is 248 g/mol. The van der Waals surface area contributed by atoms with Crippen molar-refractivity contribution in [3.63, 3.8) is 0 Å². The van der Waals surface area contributed by atoms with Crippen LogP contribution in [0.5, 0.6) is 0 Å². The summed E-state index contributed by atoms with van der Waals surface area (Å²) in [7, 11) is 0. The Labute approximate surface area is 102 Å². The van der Waals surface area contributed by atoms with Crippen LogP contribution < -0.4 is 5.73 Å². The summed E-state index contributed by atoms with van der Waals surface area (Å²) in [6, 6.07) is 3.65. The fourth-order valence-corrected chi connectivity index (χ4v) is 1.11. The summed E-state index contributed by atoms with van der Waals surface area (Å²) < 4.78 is 4.73. The number of carbonyl (C=O) groups is 1. The van der Waals surface area contributed by atoms with E-state index >= 15 is 0 Å². The molecule has 17 heavy (non-hydrogen) atoms. The molecule has 0 fully saturated rings. The van der Waals surface area contributed by atoms with Crippen molar-refractivity contribution in [3.05, 3.63) is 45.5 Å². The van der Waals surface area contributed by atoms with Crippen LogP contribution in [0.25, 0.3) is 0 Å². The second-order valence-corrected chi connectivity index (χ2v) is 3.66. The maximum Gasteiger partial charge on any atom is 0.338 e. The van der Waals surface area contributed by atoms with Gasteiger partial charge in [-0.1, -0.05) is 18.2 Å². The standard InChI is InChI=1S/C10H9ClN2O4/c1-6(11)5-17-10(14)7-2-3-8(12)9(4-7)13(15)16/h2-4H,1,5,12H2. The average Bonchev–Trinajstić information content (AvgIpc) is 2.26. The predicted octanol–water partition coefficient (Wildman–Crippen LogP) is 2.09. The fraction of sp³-hybridized carbons (Fsp3) is 0.100. The maximum absolute atomic E-state index is 11.4. The summed E-state index contributed by atoms with van der Waals surface area (Å²) in [6.07, 6.45) is 0. The number of ether oxygens (including phenoxy) is 1. The third kappa shape index (κ3) is 3.46. The van der Waals surface area contributed by atoms with Crippen LogP contribution in [0.1, 0.15) is 10.4 Å². The first-order chi connectivity index (χ1) is 7.91. The number of nitrogens with zero attached hydrogens (tertiary/aromatic N) is 1. The zero-order chi connectivity index (χ0) is 13.0. The highest BCUT2D eigenvalue weighted by molar-refractivity contribution is 6.29. The predicted molar refractivity (Wildman–Crippen MR) is 62.8 cm³/mol. The minimum atomic E-state index is -0.727. The molecule has 0 saturated heterocycles. The number of nitrogen functional groups attached to an aromatic ring is 1. The van der Waals surface area contributed by atoms with Gasteiger partial charge in [0.25, 0.3) is 5.69 Å². The fourth-order valence-electron chi connectivity index (χ4n) is 1.06. The molecule has 1 aromatic rings. The number of rotatable bonds is 4. The number of halogens is 1. The number of benzene rings is 1. The SMILES string of the molecule is C=C(Cl)COC(=O)c1ccc(N)c([N+](=O)[O-])c1. The van der Waals surface area contributed by atoms with E-state index in [0.717, 1.165) is 6.07 Å². The molecule has 0 unspecified atom stereocenters. The van der Waals surface area contributed by atoms with Crippen molar-refractivity contribution < 1.29 is 14.5 Å². The molecule has 1 rings (SSSR count). The number of esters is 1. The Hall–Kier alpha value is -2.08. The van der Waals surface area contributed by atoms with Crippen LogP contribution in [0.4, 0.5) is 11.4 Å². The molecule has 0 heterocycles. The molecule has 2 N–H and O–H groups in total. The largest absolute Gasteiger partial charge is 0.456 e. The van der Waals surface area contributed by atoms with Crippen molar-refractivity contribution in [3.8, 4) is 0 Å². The van der Waals surface area contributed by atoms with Gasteiger partial charge in [0.2, 0.25) is 0 Å². The van der Waals surface area contributed by atoms with Gasteiger partial charge in [-0.25, -0.2) is 4.79 Å². The van der Waals surface area contributed by atoms with Crippen LogP contribution in [0.2, 0.25) is 0 Å². The van der Waals surface area contributed by atoms with Gasteiger partial charge in [0.05, 0.1) is 10.5 Å². The Morgan fingerprint density at radius 1 is 1.59 bits per heavy atom. The second kappa shape index (κ2) is 5.31. The van der Waals surface area contributed by atoms with Crippen molar-refractivity contribution in [2.45, 2.75) is 0 Å². The lowest BCUT2D eigenvalue weighted by atomic mass is 10.2. The minimum Gasteiger partial charge on any atom is -0.456 e. The summed E-state index contributed by atoms with van der Waals surface area (Å²) in [5.41, 5.74) is 5.05. The quantitative estimate of drug-likeness (QED) is 0.385. The third-order valence-electron chi connectivity index (χ3n) is 1.82. The Kier molecular flexibility index (Phi) is 4.06. The molecule has 0 radical (unpaired) electrons. The van der Waals surface area contributed by atoms with E-state index in [1.54, 1.807) is 0 Å². The lowest BCUT2D eigenvalue weighted by Crippen LogP contribution is -2.07. The Bertz CT molecular complexity index is 487. The van der Waals surface area contributed by atoms with Crippen LogP contribution in [-0.2, 0) is 4.74 Å². The number of hydrogen-bond acceptors (Lipinski definition) is 5. The maximum atomic E-state index is 11.4. The van der Waals surface area contributed by atoms with Gasteiger partial charge in [-0.15, -0.1) is 0 Å². The van der Waals surface area contributed by atoms with Gasteiger partial charge in [0, 0.05) is 11.1 Å². The van der Waals surface area contributed by atoms with Gasteiger partial charge in [-0.3, -0.25) is 10.1 Å². The lowest BCUT2D eigenvalue weighted by Gasteiger charge is -2.04. The van der Waals surface area contributed by atoms with E-state index in [-0.39, 0.29) is 28.6 Å². The number of carbonyl (C=O) groups excluding carboxylic acids is 1. The van der Waals surface area contributed by atoms with Crippen molar-refractivity contribution in [2.75, 3.05) is 12.3 Å². The highest BCUT2D eigenvalue weighted by Crippen LogP contribution is 2.22. The first-order valence-corrected chi connectivity index (χ1v) is 4.84. The van der Waals surface area contributed by atoms with Gasteiger partial charge in [-0.2, -0.15) is 0 Å². The second-order valence-electron chi connectivity index (χ2n) is 3.12. The van der Waals surface area contributed by atoms with E-state index in [2.05, 4.69) is 6.58 Å². The lowest BCUT2D eigenvalue weighted by molar-refractivity contribution is -0.383. The summed E-state index contributed by atoms with van der Waals surface area (Å²) >= 11 is 5.42. The minimum absolute atomic E-state index is 0.0201. The molecule has 0 aliphatic heterocycles. The van der Waals surface area contributed by atoms with Gasteiger partial charge in [0.1, 0.15) is 12.3 Å². The van der Waals surface area contributed by atoms with Gasteiger partial charge in [0.15, 0.2) is 0 Å². The molecule has 1 aromatic carbocycles. The van der Waals surface area contributed by atoms with E-state index in [9.17, 15) is 14.9 Å². The third-order valence-corrected chi connectivity index (χ3v) is 1.93. The van der Waals surface area contributed by atoms with Gasteiger partial charge >= 0.3 is 5.97 Å². The smallest absolute Gasteiger partial charge is 0.338 e. The zero-order valence-electron chi connectivity index (χ0n) is 8.68. The molecule has 0 atom stereocenters.